The molecule has 18 heavy (non-hydrogen) atoms. The van der Waals surface area contributed by atoms with E-state index in [2.05, 4.69) is 10.3 Å². The van der Waals surface area contributed by atoms with E-state index in [0.29, 0.717) is 0 Å². The van der Waals surface area contributed by atoms with Crippen LogP contribution < -0.4 is 5.32 Å². The molecule has 1 saturated carbocycles. The van der Waals surface area contributed by atoms with Crippen LogP contribution in [0.25, 0.3) is 0 Å². The molecule has 2 N–H and O–H groups in total. The smallest absolute Gasteiger partial charge is 0.226 e. The summed E-state index contributed by atoms with van der Waals surface area (Å²) in [5, 5.41) is 12.4. The van der Waals surface area contributed by atoms with Crippen molar-refractivity contribution in [2.24, 2.45) is 0 Å². The summed E-state index contributed by atoms with van der Waals surface area (Å²) in [4.78, 5) is 16.2. The summed E-state index contributed by atoms with van der Waals surface area (Å²) < 4.78 is 0. The van der Waals surface area contributed by atoms with Crippen LogP contribution in [0.4, 0.5) is 0 Å². The maximum atomic E-state index is 12.0. The Kier molecular flexibility index (Phi) is 3.97. The van der Waals surface area contributed by atoms with E-state index in [-0.39, 0.29) is 24.5 Å². The fourth-order valence-corrected chi connectivity index (χ4v) is 2.57. The lowest BCUT2D eigenvalue weighted by Gasteiger charge is -2.28. The molecule has 0 spiro atoms. The lowest BCUT2D eigenvalue weighted by molar-refractivity contribution is -0.123. The summed E-state index contributed by atoms with van der Waals surface area (Å²) in [7, 11) is 0. The average molecular weight is 248 g/mol. The molecule has 0 aliphatic heterocycles. The third-order valence-electron chi connectivity index (χ3n) is 3.71. The molecule has 0 saturated heterocycles. The first-order chi connectivity index (χ1) is 8.65. The van der Waals surface area contributed by atoms with Crippen molar-refractivity contribution in [3.63, 3.8) is 0 Å². The van der Waals surface area contributed by atoms with Gasteiger partial charge in [0.15, 0.2) is 0 Å². The van der Waals surface area contributed by atoms with Gasteiger partial charge in [-0.2, -0.15) is 0 Å². The van der Waals surface area contributed by atoms with Gasteiger partial charge in [0, 0.05) is 6.20 Å². The first-order valence-corrected chi connectivity index (χ1v) is 6.48. The Balaban J connectivity index is 1.98. The van der Waals surface area contributed by atoms with Gasteiger partial charge in [-0.05, 0) is 31.4 Å². The van der Waals surface area contributed by atoms with Crippen molar-refractivity contribution in [2.45, 2.75) is 44.6 Å². The van der Waals surface area contributed by atoms with Gasteiger partial charge in [0.05, 0.1) is 24.3 Å². The number of nitrogens with one attached hydrogen (secondary N) is 1. The third kappa shape index (κ3) is 2.88. The van der Waals surface area contributed by atoms with Crippen LogP contribution in [0.1, 0.15) is 36.9 Å². The first-order valence-electron chi connectivity index (χ1n) is 6.48. The third-order valence-corrected chi connectivity index (χ3v) is 3.71. The van der Waals surface area contributed by atoms with E-state index >= 15 is 0 Å². The summed E-state index contributed by atoms with van der Waals surface area (Å²) in [6, 6.07) is 3.82. The normalized spacial score (nSPS) is 17.7. The molecule has 1 aliphatic rings. The zero-order valence-electron chi connectivity index (χ0n) is 10.8. The molecular weight excluding hydrogens is 228 g/mol. The van der Waals surface area contributed by atoms with Gasteiger partial charge in [-0.3, -0.25) is 9.78 Å². The number of aliphatic hydroxyl groups excluding tert-OH is 1. The molecule has 1 heterocycles. The van der Waals surface area contributed by atoms with Crippen molar-refractivity contribution >= 4 is 5.91 Å². The number of carbonyl (C=O) groups excluding carboxylic acids is 1. The quantitative estimate of drug-likeness (QED) is 0.845. The molecule has 2 rings (SSSR count). The highest BCUT2D eigenvalue weighted by Crippen LogP contribution is 2.29. The maximum absolute atomic E-state index is 12.0. The topological polar surface area (TPSA) is 62.2 Å². The van der Waals surface area contributed by atoms with Crippen LogP contribution in [0.5, 0.6) is 0 Å². The van der Waals surface area contributed by atoms with Gasteiger partial charge >= 0.3 is 0 Å². The number of nitrogens with zero attached hydrogens (tertiary/aromatic N) is 1. The highest BCUT2D eigenvalue weighted by molar-refractivity contribution is 5.79. The Morgan fingerprint density at radius 2 is 2.22 bits per heavy atom. The Morgan fingerprint density at radius 1 is 1.50 bits per heavy atom. The van der Waals surface area contributed by atoms with Crippen molar-refractivity contribution in [1.82, 2.24) is 10.3 Å². The van der Waals surface area contributed by atoms with Crippen molar-refractivity contribution in [1.29, 1.82) is 0 Å². The standard InChI is InChI=1S/C14H20N2O2/c1-11-5-4-8-15-12(11)9-13(18)16-14(10-17)6-2-3-7-14/h4-5,8,17H,2-3,6-7,9-10H2,1H3,(H,16,18). The maximum Gasteiger partial charge on any atom is 0.226 e. The van der Waals surface area contributed by atoms with Crippen LogP contribution in [0, 0.1) is 6.92 Å². The second kappa shape index (κ2) is 5.48. The molecule has 98 valence electrons. The van der Waals surface area contributed by atoms with Crippen LogP contribution in [0.15, 0.2) is 18.3 Å². The van der Waals surface area contributed by atoms with Gasteiger partial charge < -0.3 is 10.4 Å². The van der Waals surface area contributed by atoms with Crippen molar-refractivity contribution in [3.05, 3.63) is 29.6 Å². The highest BCUT2D eigenvalue weighted by Gasteiger charge is 2.34. The molecule has 0 atom stereocenters. The SMILES string of the molecule is Cc1cccnc1CC(=O)NC1(CO)CCCC1. The number of carbonyl (C=O) groups is 1. The molecule has 4 nitrogen and oxygen atoms in total. The summed E-state index contributed by atoms with van der Waals surface area (Å²) in [6.45, 7) is 1.98. The largest absolute Gasteiger partial charge is 0.394 e. The summed E-state index contributed by atoms with van der Waals surface area (Å²) in [6.07, 6.45) is 5.88. The molecule has 4 heteroatoms. The fraction of sp³-hybridized carbons (Fsp3) is 0.571. The van der Waals surface area contributed by atoms with E-state index in [1.807, 2.05) is 19.1 Å². The molecular formula is C14H20N2O2. The minimum Gasteiger partial charge on any atom is -0.394 e. The molecule has 1 fully saturated rings. The predicted molar refractivity (Wildman–Crippen MR) is 69.1 cm³/mol. The monoisotopic (exact) mass is 248 g/mol. The van der Waals surface area contributed by atoms with Crippen molar-refractivity contribution in [2.75, 3.05) is 6.61 Å². The zero-order valence-corrected chi connectivity index (χ0v) is 10.8. The summed E-state index contributed by atoms with van der Waals surface area (Å²) >= 11 is 0. The van der Waals surface area contributed by atoms with Gasteiger partial charge in [0.2, 0.25) is 5.91 Å². The molecule has 0 bridgehead atoms. The number of hydrogen-bond acceptors (Lipinski definition) is 3. The van der Waals surface area contributed by atoms with Crippen LogP contribution in [0.2, 0.25) is 0 Å². The number of amides is 1. The molecule has 0 aromatic carbocycles. The minimum absolute atomic E-state index is 0.0277. The lowest BCUT2D eigenvalue weighted by atomic mass is 9.98. The molecule has 0 unspecified atom stereocenters. The van der Waals surface area contributed by atoms with E-state index in [1.165, 1.54) is 0 Å². The second-order valence-electron chi connectivity index (χ2n) is 5.14. The fourth-order valence-electron chi connectivity index (χ4n) is 2.57. The molecule has 1 aromatic heterocycles. The number of aryl methyl sites for hydroxylation is 1. The Bertz CT molecular complexity index is 426. The number of hydrogen-bond donors (Lipinski definition) is 2. The van der Waals surface area contributed by atoms with E-state index in [4.69, 9.17) is 0 Å². The molecule has 1 aromatic rings. The van der Waals surface area contributed by atoms with Gasteiger partial charge in [-0.1, -0.05) is 18.9 Å². The first kappa shape index (κ1) is 13.0. The Hall–Kier alpha value is -1.42. The van der Waals surface area contributed by atoms with E-state index in [9.17, 15) is 9.90 Å². The highest BCUT2D eigenvalue weighted by atomic mass is 16.3. The van der Waals surface area contributed by atoms with E-state index in [1.54, 1.807) is 6.20 Å². The second-order valence-corrected chi connectivity index (χ2v) is 5.14. The zero-order chi connectivity index (χ0) is 13.0. The predicted octanol–water partition coefficient (Wildman–Crippen LogP) is 1.35. The number of rotatable bonds is 4. The van der Waals surface area contributed by atoms with Crippen molar-refractivity contribution < 1.29 is 9.90 Å². The molecule has 1 amide bonds. The van der Waals surface area contributed by atoms with Crippen LogP contribution in [-0.4, -0.2) is 28.1 Å². The lowest BCUT2D eigenvalue weighted by Crippen LogP contribution is -2.49. The average Bonchev–Trinajstić information content (AvgIpc) is 2.81. The molecule has 0 radical (unpaired) electrons. The van der Waals surface area contributed by atoms with Crippen LogP contribution in [0.3, 0.4) is 0 Å². The summed E-state index contributed by atoms with van der Waals surface area (Å²) in [5.41, 5.74) is 1.44. The Morgan fingerprint density at radius 3 is 2.83 bits per heavy atom. The number of aromatic nitrogens is 1. The van der Waals surface area contributed by atoms with Crippen LogP contribution >= 0.6 is 0 Å². The van der Waals surface area contributed by atoms with Crippen LogP contribution in [-0.2, 0) is 11.2 Å². The van der Waals surface area contributed by atoms with Gasteiger partial charge in [0.25, 0.3) is 0 Å². The summed E-state index contributed by atoms with van der Waals surface area (Å²) in [5.74, 6) is -0.0484. The van der Waals surface area contributed by atoms with Crippen molar-refractivity contribution in [3.8, 4) is 0 Å². The Labute approximate surface area is 107 Å². The molecule has 1 aliphatic carbocycles. The number of aliphatic hydroxyl groups is 1. The minimum atomic E-state index is -0.389. The van der Waals surface area contributed by atoms with E-state index < -0.39 is 0 Å². The van der Waals surface area contributed by atoms with Gasteiger partial charge in [-0.15, -0.1) is 0 Å². The van der Waals surface area contributed by atoms with Gasteiger partial charge in [0.1, 0.15) is 0 Å². The number of pyridine rings is 1. The van der Waals surface area contributed by atoms with Gasteiger partial charge in [-0.25, -0.2) is 0 Å². The van der Waals surface area contributed by atoms with E-state index in [0.717, 1.165) is 36.9 Å².